The summed E-state index contributed by atoms with van der Waals surface area (Å²) >= 11 is 0.870. The lowest BCUT2D eigenvalue weighted by Gasteiger charge is -2.34. The van der Waals surface area contributed by atoms with Gasteiger partial charge in [0, 0.05) is 19.1 Å². The number of piperidine rings is 1. The molecule has 5 nitrogen and oxygen atoms in total. The predicted molar refractivity (Wildman–Crippen MR) is 79.8 cm³/mol. The quantitative estimate of drug-likeness (QED) is 0.898. The fraction of sp³-hybridized carbons (Fsp3) is 0.615. The van der Waals surface area contributed by atoms with Gasteiger partial charge >= 0.3 is 5.76 Å². The van der Waals surface area contributed by atoms with E-state index >= 15 is 0 Å². The van der Waals surface area contributed by atoms with Gasteiger partial charge in [-0.15, -0.1) is 11.3 Å². The molecular formula is C13H18F2N2O3S2. The summed E-state index contributed by atoms with van der Waals surface area (Å²) in [6.45, 7) is 2.76. The Balaban J connectivity index is 2.26. The van der Waals surface area contributed by atoms with E-state index in [2.05, 4.69) is 0 Å². The molecule has 22 heavy (non-hydrogen) atoms. The van der Waals surface area contributed by atoms with Crippen LogP contribution in [0.25, 0.3) is 0 Å². The molecule has 2 N–H and O–H groups in total. The lowest BCUT2D eigenvalue weighted by Crippen LogP contribution is -2.45. The summed E-state index contributed by atoms with van der Waals surface area (Å²) < 4.78 is 48.7. The average Bonchev–Trinajstić information content (AvgIpc) is 2.96. The highest BCUT2D eigenvalue weighted by Crippen LogP contribution is 2.29. The lowest BCUT2D eigenvalue weighted by molar-refractivity contribution is 0.0662. The van der Waals surface area contributed by atoms with Crippen molar-refractivity contribution < 1.29 is 22.0 Å². The molecule has 1 amide bonds. The highest BCUT2D eigenvalue weighted by Gasteiger charge is 2.35. The number of hydrogen-bond acceptors (Lipinski definition) is 5. The number of amides is 1. The van der Waals surface area contributed by atoms with Crippen LogP contribution in [0.2, 0.25) is 0 Å². The maximum Gasteiger partial charge on any atom is 0.341 e. The molecule has 0 saturated carbocycles. The molecule has 2 atom stereocenters. The molecule has 9 heteroatoms. The zero-order chi connectivity index (χ0) is 16.5. The third-order valence-electron chi connectivity index (χ3n) is 3.85. The fourth-order valence-corrected chi connectivity index (χ4v) is 4.67. The van der Waals surface area contributed by atoms with Crippen molar-refractivity contribution in [2.45, 2.75) is 36.5 Å². The van der Waals surface area contributed by atoms with Gasteiger partial charge in [0.05, 0.1) is 4.90 Å². The largest absolute Gasteiger partial charge is 0.341 e. The Morgan fingerprint density at radius 1 is 1.50 bits per heavy atom. The van der Waals surface area contributed by atoms with E-state index in [4.69, 9.17) is 5.73 Å². The monoisotopic (exact) mass is 352 g/mol. The molecule has 0 aromatic carbocycles. The van der Waals surface area contributed by atoms with Gasteiger partial charge in [-0.2, -0.15) is 8.78 Å². The number of hydrogen-bond donors (Lipinski definition) is 1. The normalized spacial score (nSPS) is 21.1. The Labute approximate surface area is 132 Å². The Kier molecular flexibility index (Phi) is 5.18. The first-order valence-corrected chi connectivity index (χ1v) is 9.32. The third-order valence-corrected chi connectivity index (χ3v) is 6.31. The number of sulfone groups is 1. The van der Waals surface area contributed by atoms with E-state index in [0.29, 0.717) is 13.1 Å². The SMILES string of the molecule is CC(N)C1CCCN(C(=O)c2sccc2S(=O)(=O)C(F)F)C1. The zero-order valence-corrected chi connectivity index (χ0v) is 13.7. The Morgan fingerprint density at radius 2 is 2.18 bits per heavy atom. The average molecular weight is 352 g/mol. The van der Waals surface area contributed by atoms with Crippen LogP contribution in [0.4, 0.5) is 8.78 Å². The summed E-state index contributed by atoms with van der Waals surface area (Å²) in [4.78, 5) is 13.3. The number of thiophene rings is 1. The van der Waals surface area contributed by atoms with E-state index in [1.54, 1.807) is 0 Å². The van der Waals surface area contributed by atoms with E-state index < -0.39 is 26.4 Å². The minimum absolute atomic E-state index is 0.0804. The number of nitrogens with two attached hydrogens (primary N) is 1. The van der Waals surface area contributed by atoms with Gasteiger partial charge in [-0.05, 0) is 37.1 Å². The van der Waals surface area contributed by atoms with E-state index in [0.717, 1.165) is 30.2 Å². The topological polar surface area (TPSA) is 80.5 Å². The smallest absolute Gasteiger partial charge is 0.338 e. The Hall–Kier alpha value is -1.06. The number of rotatable bonds is 4. The number of halogens is 2. The second-order valence-corrected chi connectivity index (χ2v) is 8.23. The van der Waals surface area contributed by atoms with Crippen LogP contribution in [0.1, 0.15) is 29.4 Å². The van der Waals surface area contributed by atoms with Crippen LogP contribution in [0, 0.1) is 5.92 Å². The molecular weight excluding hydrogens is 334 g/mol. The molecule has 0 spiro atoms. The van der Waals surface area contributed by atoms with Gasteiger partial charge in [-0.1, -0.05) is 0 Å². The summed E-state index contributed by atoms with van der Waals surface area (Å²) in [5, 5.41) is 1.34. The standard InChI is InChI=1S/C13H18F2N2O3S2/c1-8(16)9-3-2-5-17(7-9)12(18)11-10(4-6-21-11)22(19,20)13(14)15/h4,6,8-9,13H,2-3,5,7,16H2,1H3. The maximum atomic E-state index is 12.7. The molecule has 124 valence electrons. The lowest BCUT2D eigenvalue weighted by atomic mass is 9.92. The molecule has 1 saturated heterocycles. The number of alkyl halides is 2. The molecule has 2 unspecified atom stereocenters. The van der Waals surface area contributed by atoms with Crippen LogP contribution in [-0.4, -0.2) is 44.1 Å². The van der Waals surface area contributed by atoms with Crippen molar-refractivity contribution in [3.8, 4) is 0 Å². The van der Waals surface area contributed by atoms with Crippen molar-refractivity contribution in [1.29, 1.82) is 0 Å². The Morgan fingerprint density at radius 3 is 2.77 bits per heavy atom. The number of nitrogens with zero attached hydrogens (tertiary/aromatic N) is 1. The van der Waals surface area contributed by atoms with Gasteiger partial charge in [0.15, 0.2) is 0 Å². The van der Waals surface area contributed by atoms with E-state index in [1.165, 1.54) is 10.3 Å². The van der Waals surface area contributed by atoms with Crippen LogP contribution < -0.4 is 5.73 Å². The molecule has 1 aliphatic heterocycles. The van der Waals surface area contributed by atoms with Gasteiger partial charge in [0.25, 0.3) is 5.91 Å². The van der Waals surface area contributed by atoms with Gasteiger partial charge in [0.2, 0.25) is 9.84 Å². The van der Waals surface area contributed by atoms with Crippen molar-refractivity contribution in [2.75, 3.05) is 13.1 Å². The van der Waals surface area contributed by atoms with Crippen molar-refractivity contribution in [1.82, 2.24) is 4.90 Å². The summed E-state index contributed by atoms with van der Waals surface area (Å²) in [7, 11) is -4.77. The first-order valence-electron chi connectivity index (χ1n) is 6.89. The van der Waals surface area contributed by atoms with Gasteiger partial charge in [-0.3, -0.25) is 4.79 Å². The fourth-order valence-electron chi connectivity index (χ4n) is 2.54. The zero-order valence-electron chi connectivity index (χ0n) is 12.0. The predicted octanol–water partition coefficient (Wildman–Crippen LogP) is 1.94. The first-order chi connectivity index (χ1) is 10.2. The molecule has 1 aliphatic rings. The summed E-state index contributed by atoms with van der Waals surface area (Å²) in [5.41, 5.74) is 5.86. The second kappa shape index (κ2) is 6.59. The highest BCUT2D eigenvalue weighted by molar-refractivity contribution is 7.92. The van der Waals surface area contributed by atoms with Crippen molar-refractivity contribution in [2.24, 2.45) is 11.7 Å². The van der Waals surface area contributed by atoms with E-state index in [1.807, 2.05) is 6.92 Å². The summed E-state index contributed by atoms with van der Waals surface area (Å²) in [6, 6.07) is 0.982. The molecule has 2 heterocycles. The molecule has 2 rings (SSSR count). The Bertz CT molecular complexity index is 643. The van der Waals surface area contributed by atoms with E-state index in [-0.39, 0.29) is 16.8 Å². The van der Waals surface area contributed by atoms with Gasteiger partial charge in [0.1, 0.15) is 4.88 Å². The van der Waals surface area contributed by atoms with Crippen LogP contribution in [0.15, 0.2) is 16.3 Å². The summed E-state index contributed by atoms with van der Waals surface area (Å²) in [5.74, 6) is -3.92. The second-order valence-electron chi connectivity index (χ2n) is 5.43. The molecule has 1 aromatic rings. The molecule has 0 radical (unpaired) electrons. The van der Waals surface area contributed by atoms with Crippen LogP contribution >= 0.6 is 11.3 Å². The maximum absolute atomic E-state index is 12.7. The van der Waals surface area contributed by atoms with Crippen molar-refractivity contribution in [3.63, 3.8) is 0 Å². The minimum atomic E-state index is -4.77. The van der Waals surface area contributed by atoms with Crippen LogP contribution in [0.5, 0.6) is 0 Å². The first kappa shape index (κ1) is 17.3. The molecule has 1 aromatic heterocycles. The molecule has 0 bridgehead atoms. The third kappa shape index (κ3) is 3.31. The number of carbonyl (C=O) groups is 1. The number of carbonyl (C=O) groups excluding carboxylic acids is 1. The van der Waals surface area contributed by atoms with E-state index in [9.17, 15) is 22.0 Å². The van der Waals surface area contributed by atoms with Gasteiger partial charge in [-0.25, -0.2) is 8.42 Å². The minimum Gasteiger partial charge on any atom is -0.338 e. The number of likely N-dealkylation sites (tertiary alicyclic amines) is 1. The highest BCUT2D eigenvalue weighted by atomic mass is 32.2. The van der Waals surface area contributed by atoms with Crippen LogP contribution in [0.3, 0.4) is 0 Å². The van der Waals surface area contributed by atoms with Crippen molar-refractivity contribution in [3.05, 3.63) is 16.3 Å². The molecule has 0 aliphatic carbocycles. The van der Waals surface area contributed by atoms with Gasteiger partial charge < -0.3 is 10.6 Å². The summed E-state index contributed by atoms with van der Waals surface area (Å²) in [6.07, 6.45) is 1.66. The van der Waals surface area contributed by atoms with Crippen molar-refractivity contribution >= 4 is 27.1 Å². The molecule has 1 fully saturated rings. The van der Waals surface area contributed by atoms with Crippen LogP contribution in [-0.2, 0) is 9.84 Å².